The highest BCUT2D eigenvalue weighted by Crippen LogP contribution is 2.14. The molecule has 2 rings (SSSR count). The molecule has 1 amide bonds. The lowest BCUT2D eigenvalue weighted by Crippen LogP contribution is -2.07. The Morgan fingerprint density at radius 1 is 1.47 bits per heavy atom. The Bertz CT molecular complexity index is 554. The van der Waals surface area contributed by atoms with Crippen molar-refractivity contribution >= 4 is 28.5 Å². The van der Waals surface area contributed by atoms with Gasteiger partial charge in [-0.25, -0.2) is 4.98 Å². The minimum absolute atomic E-state index is 0.214. The van der Waals surface area contributed by atoms with Crippen LogP contribution in [0.3, 0.4) is 0 Å². The number of anilines is 1. The zero-order chi connectivity index (χ0) is 12.3. The molecular weight excluding hydrogens is 236 g/mol. The maximum absolute atomic E-state index is 11.5. The van der Waals surface area contributed by atoms with Crippen LogP contribution in [0.15, 0.2) is 28.0 Å². The summed E-state index contributed by atoms with van der Waals surface area (Å²) in [4.78, 5) is 15.7. The molecule has 0 saturated carbocycles. The van der Waals surface area contributed by atoms with E-state index in [-0.39, 0.29) is 5.91 Å². The van der Waals surface area contributed by atoms with Crippen molar-refractivity contribution in [3.63, 3.8) is 0 Å². The van der Waals surface area contributed by atoms with Crippen LogP contribution >= 0.6 is 11.3 Å². The van der Waals surface area contributed by atoms with E-state index in [1.54, 1.807) is 6.08 Å². The quantitative estimate of drug-likeness (QED) is 0.849. The largest absolute Gasteiger partial charge is 0.462 e. The maximum Gasteiger partial charge on any atom is 0.250 e. The van der Waals surface area contributed by atoms with Crippen molar-refractivity contribution in [1.29, 1.82) is 0 Å². The van der Waals surface area contributed by atoms with Crippen LogP contribution in [0.1, 0.15) is 17.2 Å². The fourth-order valence-corrected chi connectivity index (χ4v) is 1.95. The van der Waals surface area contributed by atoms with Gasteiger partial charge in [-0.3, -0.25) is 10.1 Å². The van der Waals surface area contributed by atoms with Gasteiger partial charge in [-0.1, -0.05) is 0 Å². The predicted molar refractivity (Wildman–Crippen MR) is 68.0 cm³/mol. The molecule has 5 heteroatoms. The Morgan fingerprint density at radius 3 is 2.88 bits per heavy atom. The number of amides is 1. The van der Waals surface area contributed by atoms with Crippen LogP contribution in [0.25, 0.3) is 6.08 Å². The summed E-state index contributed by atoms with van der Waals surface area (Å²) in [6.45, 7) is 3.74. The van der Waals surface area contributed by atoms with E-state index in [4.69, 9.17) is 4.42 Å². The number of aryl methyl sites for hydroxylation is 2. The second-order valence-corrected chi connectivity index (χ2v) is 4.42. The van der Waals surface area contributed by atoms with E-state index in [0.717, 1.165) is 11.5 Å². The lowest BCUT2D eigenvalue weighted by Gasteiger charge is -1.94. The number of nitrogens with one attached hydrogen (secondary N) is 1. The zero-order valence-electron chi connectivity index (χ0n) is 9.56. The molecule has 0 atom stereocenters. The summed E-state index contributed by atoms with van der Waals surface area (Å²) >= 11 is 1.40. The molecular formula is C12H12N2O2S. The van der Waals surface area contributed by atoms with Crippen LogP contribution in [0, 0.1) is 13.8 Å². The molecule has 0 aliphatic carbocycles. The number of rotatable bonds is 3. The smallest absolute Gasteiger partial charge is 0.250 e. The molecule has 0 unspecified atom stereocenters. The first-order chi connectivity index (χ1) is 8.13. The normalized spacial score (nSPS) is 10.9. The van der Waals surface area contributed by atoms with Gasteiger partial charge in [-0.15, -0.1) is 11.3 Å². The van der Waals surface area contributed by atoms with Gasteiger partial charge >= 0.3 is 0 Å². The van der Waals surface area contributed by atoms with Crippen molar-refractivity contribution in [3.05, 3.63) is 40.8 Å². The molecule has 2 aromatic rings. The third-order valence-electron chi connectivity index (χ3n) is 2.01. The highest BCUT2D eigenvalue weighted by atomic mass is 32.1. The standard InChI is InChI=1S/C12H12N2O2S/c1-8-7-17-12(13-8)14-11(15)6-5-10-4-3-9(2)16-10/h3-7H,1-2H3,(H,13,14,15). The van der Waals surface area contributed by atoms with Crippen molar-refractivity contribution in [2.75, 3.05) is 5.32 Å². The lowest BCUT2D eigenvalue weighted by atomic mass is 10.4. The van der Waals surface area contributed by atoms with Crippen molar-refractivity contribution < 1.29 is 9.21 Å². The number of nitrogens with zero attached hydrogens (tertiary/aromatic N) is 1. The first-order valence-corrected chi connectivity index (χ1v) is 5.99. The van der Waals surface area contributed by atoms with Crippen LogP contribution in [0.2, 0.25) is 0 Å². The highest BCUT2D eigenvalue weighted by molar-refractivity contribution is 7.13. The second kappa shape index (κ2) is 4.97. The summed E-state index contributed by atoms with van der Waals surface area (Å²) in [5.41, 5.74) is 0.899. The van der Waals surface area contributed by atoms with Crippen LogP contribution in [-0.4, -0.2) is 10.9 Å². The fraction of sp³-hybridized carbons (Fsp3) is 0.167. The van der Waals surface area contributed by atoms with Gasteiger partial charge < -0.3 is 4.42 Å². The van der Waals surface area contributed by atoms with Gasteiger partial charge in [-0.2, -0.15) is 0 Å². The van der Waals surface area contributed by atoms with E-state index in [1.165, 1.54) is 17.4 Å². The summed E-state index contributed by atoms with van der Waals surface area (Å²) in [5.74, 6) is 1.27. The number of aromatic nitrogens is 1. The highest BCUT2D eigenvalue weighted by Gasteiger charge is 2.02. The fourth-order valence-electron chi connectivity index (χ4n) is 1.26. The van der Waals surface area contributed by atoms with Crippen LogP contribution in [-0.2, 0) is 4.79 Å². The molecule has 0 aromatic carbocycles. The molecule has 0 fully saturated rings. The molecule has 0 saturated heterocycles. The molecule has 0 spiro atoms. The Hall–Kier alpha value is -1.88. The summed E-state index contributed by atoms with van der Waals surface area (Å²) < 4.78 is 5.31. The van der Waals surface area contributed by atoms with E-state index >= 15 is 0 Å². The number of carbonyl (C=O) groups is 1. The summed E-state index contributed by atoms with van der Waals surface area (Å²) in [5, 5.41) is 5.17. The van der Waals surface area contributed by atoms with Gasteiger partial charge in [0.1, 0.15) is 11.5 Å². The van der Waals surface area contributed by atoms with Gasteiger partial charge in [0.25, 0.3) is 0 Å². The Morgan fingerprint density at radius 2 is 2.29 bits per heavy atom. The molecule has 2 heterocycles. The minimum Gasteiger partial charge on any atom is -0.462 e. The van der Waals surface area contributed by atoms with E-state index in [2.05, 4.69) is 10.3 Å². The maximum atomic E-state index is 11.5. The summed E-state index contributed by atoms with van der Waals surface area (Å²) in [7, 11) is 0. The first-order valence-electron chi connectivity index (χ1n) is 5.11. The zero-order valence-corrected chi connectivity index (χ0v) is 10.4. The van der Waals surface area contributed by atoms with Gasteiger partial charge in [0.15, 0.2) is 5.13 Å². The predicted octanol–water partition coefficient (Wildman–Crippen LogP) is 3.00. The lowest BCUT2D eigenvalue weighted by molar-refractivity contribution is -0.111. The molecule has 0 radical (unpaired) electrons. The van der Waals surface area contributed by atoms with Crippen molar-refractivity contribution in [3.8, 4) is 0 Å². The van der Waals surface area contributed by atoms with Crippen molar-refractivity contribution in [1.82, 2.24) is 4.98 Å². The van der Waals surface area contributed by atoms with Gasteiger partial charge in [0.05, 0.1) is 5.69 Å². The number of hydrogen-bond acceptors (Lipinski definition) is 4. The van der Waals surface area contributed by atoms with Crippen LogP contribution in [0.4, 0.5) is 5.13 Å². The third-order valence-corrected chi connectivity index (χ3v) is 2.88. The second-order valence-electron chi connectivity index (χ2n) is 3.57. The molecule has 88 valence electrons. The molecule has 0 bridgehead atoms. The number of carbonyl (C=O) groups excluding carboxylic acids is 1. The topological polar surface area (TPSA) is 55.1 Å². The average molecular weight is 248 g/mol. The number of hydrogen-bond donors (Lipinski definition) is 1. The van der Waals surface area contributed by atoms with Gasteiger partial charge in [0, 0.05) is 11.5 Å². The Labute approximate surface area is 103 Å². The van der Waals surface area contributed by atoms with Crippen molar-refractivity contribution in [2.45, 2.75) is 13.8 Å². The summed E-state index contributed by atoms with van der Waals surface area (Å²) in [6, 6.07) is 3.66. The SMILES string of the molecule is Cc1csc(NC(=O)C=Cc2ccc(C)o2)n1. The minimum atomic E-state index is -0.214. The average Bonchev–Trinajstić information content (AvgIpc) is 2.85. The molecule has 2 aromatic heterocycles. The Kier molecular flexibility index (Phi) is 3.39. The molecule has 0 aliphatic heterocycles. The first kappa shape index (κ1) is 11.6. The van der Waals surface area contributed by atoms with Gasteiger partial charge in [0.2, 0.25) is 5.91 Å². The van der Waals surface area contributed by atoms with Crippen molar-refractivity contribution in [2.24, 2.45) is 0 Å². The van der Waals surface area contributed by atoms with E-state index in [9.17, 15) is 4.79 Å². The van der Waals surface area contributed by atoms with E-state index in [1.807, 2.05) is 31.4 Å². The monoisotopic (exact) mass is 248 g/mol. The van der Waals surface area contributed by atoms with E-state index in [0.29, 0.717) is 10.9 Å². The third kappa shape index (κ3) is 3.29. The molecule has 0 aliphatic rings. The van der Waals surface area contributed by atoms with Crippen LogP contribution < -0.4 is 5.32 Å². The number of furan rings is 1. The Balaban J connectivity index is 1.95. The summed E-state index contributed by atoms with van der Waals surface area (Å²) in [6.07, 6.45) is 3.05. The molecule has 17 heavy (non-hydrogen) atoms. The number of thiazole rings is 1. The van der Waals surface area contributed by atoms with Gasteiger partial charge in [-0.05, 0) is 32.1 Å². The molecule has 1 N–H and O–H groups in total. The van der Waals surface area contributed by atoms with Crippen LogP contribution in [0.5, 0.6) is 0 Å². The van der Waals surface area contributed by atoms with E-state index < -0.39 is 0 Å². The molecule has 4 nitrogen and oxygen atoms in total.